The molecule has 8 heteroatoms. The van der Waals surface area contributed by atoms with Crippen LogP contribution in [0.2, 0.25) is 5.02 Å². The number of rotatable bonds is 4. The van der Waals surface area contributed by atoms with Crippen molar-refractivity contribution in [1.29, 1.82) is 0 Å². The van der Waals surface area contributed by atoms with Crippen molar-refractivity contribution in [2.75, 3.05) is 31.1 Å². The topological polar surface area (TPSA) is 53.5 Å². The predicted molar refractivity (Wildman–Crippen MR) is 119 cm³/mol. The maximum Gasteiger partial charge on any atom is 0.243 e. The van der Waals surface area contributed by atoms with Gasteiger partial charge >= 0.3 is 0 Å². The number of anilines is 1. The van der Waals surface area contributed by atoms with Crippen LogP contribution in [-0.2, 0) is 10.0 Å². The van der Waals surface area contributed by atoms with Crippen molar-refractivity contribution in [3.63, 3.8) is 0 Å². The summed E-state index contributed by atoms with van der Waals surface area (Å²) in [6.45, 7) is 6.31. The van der Waals surface area contributed by atoms with Gasteiger partial charge in [-0.05, 0) is 55.3 Å². The Morgan fingerprint density at radius 2 is 1.66 bits per heavy atom. The highest BCUT2D eigenvalue weighted by Gasteiger charge is 2.29. The molecule has 0 saturated carbocycles. The number of piperazine rings is 1. The molecule has 0 amide bonds. The van der Waals surface area contributed by atoms with E-state index in [2.05, 4.69) is 42.3 Å². The van der Waals surface area contributed by atoms with Crippen LogP contribution in [0.4, 0.5) is 5.13 Å². The molecule has 152 valence electrons. The summed E-state index contributed by atoms with van der Waals surface area (Å²) in [6.07, 6.45) is 0. The maximum absolute atomic E-state index is 12.8. The molecule has 1 aromatic heterocycles. The molecule has 29 heavy (non-hydrogen) atoms. The number of benzene rings is 2. The van der Waals surface area contributed by atoms with E-state index in [0.29, 0.717) is 31.2 Å². The molecule has 0 N–H and O–H groups in total. The van der Waals surface area contributed by atoms with Gasteiger partial charge in [0.05, 0.1) is 10.6 Å². The number of halogens is 1. The average Bonchev–Trinajstić information content (AvgIpc) is 3.21. The minimum Gasteiger partial charge on any atom is -0.345 e. The van der Waals surface area contributed by atoms with Crippen molar-refractivity contribution in [3.05, 3.63) is 64.0 Å². The second-order valence-electron chi connectivity index (χ2n) is 7.16. The van der Waals surface area contributed by atoms with Crippen molar-refractivity contribution in [1.82, 2.24) is 9.29 Å². The number of hydrogen-bond acceptors (Lipinski definition) is 5. The van der Waals surface area contributed by atoms with Gasteiger partial charge in [-0.25, -0.2) is 13.4 Å². The molecule has 2 heterocycles. The molecule has 0 radical (unpaired) electrons. The van der Waals surface area contributed by atoms with Gasteiger partial charge in [0, 0.05) is 42.1 Å². The minimum atomic E-state index is -3.50. The van der Waals surface area contributed by atoms with E-state index in [-0.39, 0.29) is 4.90 Å². The molecular formula is C21H22ClN3O2S2. The standard InChI is InChI=1S/C21H22ClN3O2S2/c1-15-3-4-17(13-16(15)2)20-14-28-21(23-20)24-9-11-25(12-10-24)29(26,27)19-7-5-18(22)6-8-19/h3-8,13-14H,9-12H2,1-2H3. The Bertz CT molecular complexity index is 1120. The van der Waals surface area contributed by atoms with Crippen molar-refractivity contribution in [2.24, 2.45) is 0 Å². The van der Waals surface area contributed by atoms with E-state index in [1.807, 2.05) is 0 Å². The van der Waals surface area contributed by atoms with E-state index in [4.69, 9.17) is 16.6 Å². The first-order chi connectivity index (χ1) is 13.8. The van der Waals surface area contributed by atoms with Gasteiger partial charge < -0.3 is 4.90 Å². The summed E-state index contributed by atoms with van der Waals surface area (Å²) in [5.74, 6) is 0. The summed E-state index contributed by atoms with van der Waals surface area (Å²) in [6, 6.07) is 12.7. The Morgan fingerprint density at radius 1 is 0.966 bits per heavy atom. The van der Waals surface area contributed by atoms with Gasteiger partial charge in [-0.3, -0.25) is 0 Å². The first kappa shape index (κ1) is 20.3. The third-order valence-electron chi connectivity index (χ3n) is 5.26. The first-order valence-electron chi connectivity index (χ1n) is 9.38. The fraction of sp³-hybridized carbons (Fsp3) is 0.286. The van der Waals surface area contributed by atoms with Crippen LogP contribution in [0.15, 0.2) is 52.7 Å². The largest absolute Gasteiger partial charge is 0.345 e. The molecule has 1 saturated heterocycles. The van der Waals surface area contributed by atoms with Gasteiger partial charge in [-0.2, -0.15) is 4.31 Å². The van der Waals surface area contributed by atoms with E-state index in [9.17, 15) is 8.42 Å². The van der Waals surface area contributed by atoms with Crippen LogP contribution in [0.5, 0.6) is 0 Å². The van der Waals surface area contributed by atoms with Crippen molar-refractivity contribution in [3.8, 4) is 11.3 Å². The van der Waals surface area contributed by atoms with Gasteiger partial charge in [0.1, 0.15) is 0 Å². The van der Waals surface area contributed by atoms with E-state index in [1.165, 1.54) is 15.4 Å². The molecule has 0 atom stereocenters. The Morgan fingerprint density at radius 3 is 2.31 bits per heavy atom. The van der Waals surface area contributed by atoms with Gasteiger partial charge in [-0.1, -0.05) is 23.7 Å². The second kappa shape index (κ2) is 8.07. The second-order valence-corrected chi connectivity index (χ2v) is 10.4. The van der Waals surface area contributed by atoms with Crippen molar-refractivity contribution in [2.45, 2.75) is 18.7 Å². The Labute approximate surface area is 180 Å². The molecule has 2 aromatic carbocycles. The third-order valence-corrected chi connectivity index (χ3v) is 8.32. The van der Waals surface area contributed by atoms with Crippen LogP contribution in [0.1, 0.15) is 11.1 Å². The van der Waals surface area contributed by atoms with Gasteiger partial charge in [0.2, 0.25) is 10.0 Å². The first-order valence-corrected chi connectivity index (χ1v) is 12.1. The fourth-order valence-electron chi connectivity index (χ4n) is 3.32. The maximum atomic E-state index is 12.8. The van der Waals surface area contributed by atoms with Gasteiger partial charge in [0.25, 0.3) is 0 Å². The van der Waals surface area contributed by atoms with Crippen LogP contribution in [-0.4, -0.2) is 43.9 Å². The molecule has 5 nitrogen and oxygen atoms in total. The molecule has 0 unspecified atom stereocenters. The molecular weight excluding hydrogens is 426 g/mol. The molecule has 1 fully saturated rings. The molecule has 3 aromatic rings. The summed E-state index contributed by atoms with van der Waals surface area (Å²) in [5.41, 5.74) is 4.59. The third kappa shape index (κ3) is 4.19. The molecule has 0 aliphatic carbocycles. The van der Waals surface area contributed by atoms with E-state index >= 15 is 0 Å². The monoisotopic (exact) mass is 447 g/mol. The lowest BCUT2D eigenvalue weighted by atomic mass is 10.1. The van der Waals surface area contributed by atoms with Crippen LogP contribution in [0.25, 0.3) is 11.3 Å². The number of thiazole rings is 1. The summed E-state index contributed by atoms with van der Waals surface area (Å²) >= 11 is 7.48. The normalized spacial score (nSPS) is 15.6. The van der Waals surface area contributed by atoms with Crippen LogP contribution < -0.4 is 4.90 Å². The highest BCUT2D eigenvalue weighted by atomic mass is 35.5. The lowest BCUT2D eigenvalue weighted by Gasteiger charge is -2.33. The highest BCUT2D eigenvalue weighted by Crippen LogP contribution is 2.30. The zero-order valence-electron chi connectivity index (χ0n) is 16.3. The predicted octanol–water partition coefficient (Wildman–Crippen LogP) is 4.59. The van der Waals surface area contributed by atoms with E-state index < -0.39 is 10.0 Å². The number of hydrogen-bond donors (Lipinski definition) is 0. The number of aromatic nitrogens is 1. The lowest BCUT2D eigenvalue weighted by Crippen LogP contribution is -2.48. The molecule has 0 bridgehead atoms. The SMILES string of the molecule is Cc1ccc(-c2csc(N3CCN(S(=O)(=O)c4ccc(Cl)cc4)CC3)n2)cc1C. The molecule has 1 aliphatic heterocycles. The van der Waals surface area contributed by atoms with Crippen LogP contribution >= 0.6 is 22.9 Å². The lowest BCUT2D eigenvalue weighted by molar-refractivity contribution is 0.385. The number of aryl methyl sites for hydroxylation is 2. The van der Waals surface area contributed by atoms with E-state index in [0.717, 1.165) is 16.4 Å². The Balaban J connectivity index is 1.45. The molecule has 0 spiro atoms. The summed E-state index contributed by atoms with van der Waals surface area (Å²) in [4.78, 5) is 7.23. The fourth-order valence-corrected chi connectivity index (χ4v) is 5.75. The summed E-state index contributed by atoms with van der Waals surface area (Å²) in [5, 5.41) is 3.52. The smallest absolute Gasteiger partial charge is 0.243 e. The minimum absolute atomic E-state index is 0.279. The van der Waals surface area contributed by atoms with Crippen molar-refractivity contribution >= 4 is 38.1 Å². The Kier molecular flexibility index (Phi) is 5.66. The molecule has 4 rings (SSSR count). The summed E-state index contributed by atoms with van der Waals surface area (Å²) < 4.78 is 27.2. The van der Waals surface area contributed by atoms with Crippen LogP contribution in [0.3, 0.4) is 0 Å². The zero-order chi connectivity index (χ0) is 20.6. The van der Waals surface area contributed by atoms with Gasteiger partial charge in [-0.15, -0.1) is 11.3 Å². The summed E-state index contributed by atoms with van der Waals surface area (Å²) in [7, 11) is -3.50. The van der Waals surface area contributed by atoms with Crippen LogP contribution in [0, 0.1) is 13.8 Å². The molecule has 1 aliphatic rings. The zero-order valence-corrected chi connectivity index (χ0v) is 18.7. The number of nitrogens with zero attached hydrogens (tertiary/aromatic N) is 3. The Hall–Kier alpha value is -1.93. The average molecular weight is 448 g/mol. The van der Waals surface area contributed by atoms with Gasteiger partial charge in [0.15, 0.2) is 5.13 Å². The van der Waals surface area contributed by atoms with Crippen molar-refractivity contribution < 1.29 is 8.42 Å². The number of sulfonamides is 1. The highest BCUT2D eigenvalue weighted by molar-refractivity contribution is 7.89. The van der Waals surface area contributed by atoms with E-state index in [1.54, 1.807) is 35.6 Å². The quantitative estimate of drug-likeness (QED) is 0.586.